The number of carbonyl (C=O) groups is 2. The van der Waals surface area contributed by atoms with Gasteiger partial charge in [-0.15, -0.1) is 0 Å². The molecule has 0 bridgehead atoms. The van der Waals surface area contributed by atoms with Crippen molar-refractivity contribution in [3.05, 3.63) is 0 Å². The third-order valence-electron chi connectivity index (χ3n) is 14.9. The molecule has 0 amide bonds. The first kappa shape index (κ1) is 64.2. The lowest BCUT2D eigenvalue weighted by atomic mass is 9.95. The van der Waals surface area contributed by atoms with Crippen molar-refractivity contribution >= 4 is 23.9 Å². The van der Waals surface area contributed by atoms with E-state index < -0.39 is 0 Å². The van der Waals surface area contributed by atoms with Crippen LogP contribution in [0.2, 0.25) is 0 Å². The highest BCUT2D eigenvalue weighted by Gasteiger charge is 2.26. The summed E-state index contributed by atoms with van der Waals surface area (Å²) in [6, 6.07) is 0.630. The van der Waals surface area contributed by atoms with Crippen LogP contribution in [0.4, 0.5) is 0 Å². The Balaban J connectivity index is 2.65. The van der Waals surface area contributed by atoms with Gasteiger partial charge in [0.15, 0.2) is 0 Å². The summed E-state index contributed by atoms with van der Waals surface area (Å²) in [6.45, 7) is 17.1. The van der Waals surface area contributed by atoms with E-state index in [1.807, 2.05) is 0 Å². The molecule has 1 fully saturated rings. The van der Waals surface area contributed by atoms with Gasteiger partial charge < -0.3 is 19.5 Å². The highest BCUT2D eigenvalue weighted by atomic mass is 32.2. The summed E-state index contributed by atoms with van der Waals surface area (Å²) >= 11 is 2.18. The van der Waals surface area contributed by atoms with Crippen LogP contribution >= 0.6 is 11.9 Å². The van der Waals surface area contributed by atoms with Gasteiger partial charge in [0.25, 0.3) is 0 Å². The van der Waals surface area contributed by atoms with E-state index in [0.717, 1.165) is 51.2 Å². The van der Waals surface area contributed by atoms with Gasteiger partial charge in [0.2, 0.25) is 0 Å². The number of carbonyl (C=O) groups excluding carboxylic acids is 2. The summed E-state index contributed by atoms with van der Waals surface area (Å²) in [5, 5.41) is 9.55. The average molecular weight is 966 g/mol. The first-order chi connectivity index (χ1) is 32.9. The lowest BCUT2D eigenvalue weighted by molar-refractivity contribution is -0.146. The molecule has 0 aromatic heterocycles. The normalized spacial score (nSPS) is 15.0. The van der Waals surface area contributed by atoms with Crippen LogP contribution in [0.25, 0.3) is 0 Å². The summed E-state index contributed by atoms with van der Waals surface area (Å²) in [5.41, 5.74) is 0. The van der Waals surface area contributed by atoms with Crippen LogP contribution in [0.5, 0.6) is 0 Å². The Bertz CT molecular complexity index is 1000. The van der Waals surface area contributed by atoms with Crippen molar-refractivity contribution in [2.75, 3.05) is 51.8 Å². The van der Waals surface area contributed by atoms with Crippen molar-refractivity contribution < 1.29 is 24.2 Å². The van der Waals surface area contributed by atoms with Crippen LogP contribution in [0.3, 0.4) is 0 Å². The van der Waals surface area contributed by atoms with Gasteiger partial charge >= 0.3 is 11.9 Å². The number of ether oxygens (including phenoxy) is 2. The molecular formula is C59H116N2O5S. The Kier molecular flexibility index (Phi) is 46.7. The van der Waals surface area contributed by atoms with Gasteiger partial charge in [0, 0.05) is 37.7 Å². The molecule has 1 aliphatic heterocycles. The van der Waals surface area contributed by atoms with E-state index >= 15 is 0 Å². The second-order valence-electron chi connectivity index (χ2n) is 21.3. The van der Waals surface area contributed by atoms with Crippen LogP contribution in [-0.4, -0.2) is 84.0 Å². The topological polar surface area (TPSA) is 79.3 Å². The zero-order chi connectivity index (χ0) is 48.7. The quantitative estimate of drug-likeness (QED) is 0.0367. The largest absolute Gasteiger partial charge is 0.465 e. The molecule has 1 rings (SSSR count). The lowest BCUT2D eigenvalue weighted by Crippen LogP contribution is -2.41. The molecule has 8 heteroatoms. The number of piperidine rings is 1. The van der Waals surface area contributed by atoms with Crippen LogP contribution in [-0.2, 0) is 19.1 Å². The van der Waals surface area contributed by atoms with Crippen molar-refractivity contribution in [3.8, 4) is 0 Å². The summed E-state index contributed by atoms with van der Waals surface area (Å²) in [5.74, 6) is 3.10. The van der Waals surface area contributed by atoms with Crippen LogP contribution in [0.1, 0.15) is 291 Å². The molecule has 2 atom stereocenters. The fraction of sp³-hybridized carbons (Fsp3) is 0.966. The number of rotatable bonds is 51. The maximum Gasteiger partial charge on any atom is 0.305 e. The van der Waals surface area contributed by atoms with E-state index in [1.54, 1.807) is 0 Å². The van der Waals surface area contributed by atoms with Crippen LogP contribution in [0, 0.1) is 17.8 Å². The van der Waals surface area contributed by atoms with E-state index in [9.17, 15) is 14.7 Å². The Hall–Kier alpha value is -0.830. The molecule has 0 saturated carbocycles. The fourth-order valence-electron chi connectivity index (χ4n) is 10.2. The number of aliphatic hydroxyl groups is 1. The first-order valence-electron chi connectivity index (χ1n) is 29.9. The van der Waals surface area contributed by atoms with Gasteiger partial charge in [-0.2, -0.15) is 0 Å². The zero-order valence-electron chi connectivity index (χ0n) is 45.6. The maximum absolute atomic E-state index is 12.7. The van der Waals surface area contributed by atoms with Crippen LogP contribution in [0.15, 0.2) is 0 Å². The molecule has 0 radical (unpaired) electrons. The summed E-state index contributed by atoms with van der Waals surface area (Å²) in [7, 11) is 0. The molecular weight excluding hydrogens is 849 g/mol. The van der Waals surface area contributed by atoms with E-state index in [0.29, 0.717) is 43.9 Å². The molecule has 1 N–H and O–H groups in total. The minimum absolute atomic E-state index is 0.0186. The Labute approximate surface area is 422 Å². The van der Waals surface area contributed by atoms with Crippen molar-refractivity contribution in [2.45, 2.75) is 297 Å². The molecule has 2 unspecified atom stereocenters. The summed E-state index contributed by atoms with van der Waals surface area (Å²) in [4.78, 5) is 27.8. The number of likely N-dealkylation sites (tertiary alicyclic amines) is 1. The molecule has 0 spiro atoms. The highest BCUT2D eigenvalue weighted by molar-refractivity contribution is 7.97. The summed E-state index contributed by atoms with van der Waals surface area (Å²) in [6.07, 6.45) is 48.6. The SMILES string of the molecule is CCCCCCCCSN(CC1CCN(CCO)CC1)C(CCCCCCCCC(=O)OCC(CCCC)CCCCCC)CCCCCCCCC(=O)OCC(CCCC)CCCCCC. The molecule has 7 nitrogen and oxygen atoms in total. The van der Waals surface area contributed by atoms with Gasteiger partial charge in [0.1, 0.15) is 0 Å². The molecule has 1 heterocycles. The third kappa shape index (κ3) is 39.5. The second-order valence-corrected chi connectivity index (χ2v) is 22.4. The molecule has 0 aromatic rings. The third-order valence-corrected chi connectivity index (χ3v) is 16.1. The van der Waals surface area contributed by atoms with E-state index in [2.05, 4.69) is 55.8 Å². The van der Waals surface area contributed by atoms with Gasteiger partial charge in [-0.05, 0) is 101 Å². The summed E-state index contributed by atoms with van der Waals surface area (Å²) < 4.78 is 14.5. The minimum Gasteiger partial charge on any atom is -0.465 e. The predicted molar refractivity (Wildman–Crippen MR) is 292 cm³/mol. The predicted octanol–water partition coefficient (Wildman–Crippen LogP) is 17.3. The first-order valence-corrected chi connectivity index (χ1v) is 30.9. The Morgan fingerprint density at radius 2 is 0.881 bits per heavy atom. The van der Waals surface area contributed by atoms with E-state index in [-0.39, 0.29) is 18.5 Å². The Morgan fingerprint density at radius 1 is 0.507 bits per heavy atom. The van der Waals surface area contributed by atoms with Crippen molar-refractivity contribution in [1.82, 2.24) is 9.21 Å². The lowest BCUT2D eigenvalue weighted by Gasteiger charge is -2.37. The standard InChI is InChI=1S/C59H116N2O5S/c1-6-11-16-19-28-35-50-67-61(51-54-44-46-60(47-45-54)48-49-62)57(40-31-24-20-22-26-33-42-58(63)65-52-55(36-14-9-4)38-29-17-12-7-2)41-32-25-21-23-27-34-43-59(64)66-53-56(37-15-10-5)39-30-18-13-8-3/h54-57,62H,6-53H2,1-5H3. The van der Waals surface area contributed by atoms with Gasteiger partial charge in [-0.1, -0.05) is 220 Å². The minimum atomic E-state index is 0.0186. The molecule has 398 valence electrons. The number of hydrogen-bond acceptors (Lipinski definition) is 8. The van der Waals surface area contributed by atoms with E-state index in [1.165, 1.54) is 231 Å². The van der Waals surface area contributed by atoms with Gasteiger partial charge in [0.05, 0.1) is 19.8 Å². The smallest absolute Gasteiger partial charge is 0.305 e. The highest BCUT2D eigenvalue weighted by Crippen LogP contribution is 2.30. The van der Waals surface area contributed by atoms with Crippen molar-refractivity contribution in [3.63, 3.8) is 0 Å². The maximum atomic E-state index is 12.7. The molecule has 67 heavy (non-hydrogen) atoms. The number of nitrogens with zero attached hydrogens (tertiary/aromatic N) is 2. The number of β-amino-alcohol motifs (C(OH)–C–C–N with tert-alkyl or cyclic N) is 1. The number of aliphatic hydroxyl groups excluding tert-OH is 1. The van der Waals surface area contributed by atoms with Crippen molar-refractivity contribution in [2.24, 2.45) is 17.8 Å². The average Bonchev–Trinajstić information content (AvgIpc) is 3.33. The molecule has 1 saturated heterocycles. The number of hydrogen-bond donors (Lipinski definition) is 1. The molecule has 1 aliphatic rings. The fourth-order valence-corrected chi connectivity index (χ4v) is 11.5. The van der Waals surface area contributed by atoms with Gasteiger partial charge in [-0.25, -0.2) is 4.31 Å². The Morgan fingerprint density at radius 3 is 1.33 bits per heavy atom. The van der Waals surface area contributed by atoms with Gasteiger partial charge in [-0.3, -0.25) is 9.59 Å². The molecule has 0 aromatic carbocycles. The monoisotopic (exact) mass is 965 g/mol. The number of unbranched alkanes of at least 4 members (excludes halogenated alkanes) is 23. The number of esters is 2. The van der Waals surface area contributed by atoms with Crippen LogP contribution < -0.4 is 0 Å². The zero-order valence-corrected chi connectivity index (χ0v) is 46.4. The molecule has 0 aliphatic carbocycles. The second kappa shape index (κ2) is 48.8. The van der Waals surface area contributed by atoms with E-state index in [4.69, 9.17) is 9.47 Å². The van der Waals surface area contributed by atoms with Crippen molar-refractivity contribution in [1.29, 1.82) is 0 Å².